The van der Waals surface area contributed by atoms with E-state index >= 15 is 0 Å². The lowest BCUT2D eigenvalue weighted by Gasteiger charge is -2.09. The van der Waals surface area contributed by atoms with E-state index in [1.807, 2.05) is 0 Å². The van der Waals surface area contributed by atoms with Crippen LogP contribution in [-0.2, 0) is 20.0 Å². The normalized spacial score (nSPS) is 11.4. The number of thiazole rings is 2. The van der Waals surface area contributed by atoms with Crippen LogP contribution in [0.5, 0.6) is 0 Å². The largest absolute Gasteiger partial charge is 0.322 e. The van der Waals surface area contributed by atoms with E-state index < -0.39 is 31.9 Å². The van der Waals surface area contributed by atoms with Crippen molar-refractivity contribution in [3.8, 4) is 0 Å². The van der Waals surface area contributed by atoms with Crippen molar-refractivity contribution in [1.82, 2.24) is 15.0 Å². The molecule has 0 bridgehead atoms. The highest BCUT2D eigenvalue weighted by molar-refractivity contribution is 7.93. The molecule has 42 heavy (non-hydrogen) atoms. The third kappa shape index (κ3) is 6.95. The molecule has 5 aromatic rings. The first-order valence-electron chi connectivity index (χ1n) is 11.7. The van der Waals surface area contributed by atoms with E-state index in [2.05, 4.69) is 35.0 Å². The van der Waals surface area contributed by atoms with Crippen LogP contribution in [0.4, 0.5) is 21.6 Å². The Kier molecular flexibility index (Phi) is 8.25. The molecule has 0 fully saturated rings. The monoisotopic (exact) mass is 641 g/mol. The molecule has 0 aliphatic rings. The average Bonchev–Trinajstić information content (AvgIpc) is 3.68. The second-order valence-corrected chi connectivity index (χ2v) is 13.4. The Morgan fingerprint density at radius 1 is 0.595 bits per heavy atom. The van der Waals surface area contributed by atoms with Gasteiger partial charge < -0.3 is 10.6 Å². The van der Waals surface area contributed by atoms with Gasteiger partial charge in [-0.1, -0.05) is 0 Å². The van der Waals surface area contributed by atoms with Crippen molar-refractivity contribution in [2.24, 2.45) is 0 Å². The van der Waals surface area contributed by atoms with Crippen molar-refractivity contribution in [3.63, 3.8) is 0 Å². The third-order valence-corrected chi connectivity index (χ3v) is 9.76. The molecule has 3 heterocycles. The highest BCUT2D eigenvalue weighted by atomic mass is 32.2. The van der Waals surface area contributed by atoms with Crippen LogP contribution in [0, 0.1) is 0 Å². The predicted octanol–water partition coefficient (Wildman–Crippen LogP) is 4.10. The van der Waals surface area contributed by atoms with Crippen molar-refractivity contribution in [3.05, 3.63) is 101 Å². The molecule has 0 atom stereocenters. The van der Waals surface area contributed by atoms with Crippen molar-refractivity contribution in [2.45, 2.75) is 9.79 Å². The maximum atomic E-state index is 12.6. The van der Waals surface area contributed by atoms with Crippen LogP contribution in [0.15, 0.2) is 99.8 Å². The Hall–Kier alpha value is -4.71. The first-order valence-corrected chi connectivity index (χ1v) is 16.5. The number of benzene rings is 2. The number of rotatable bonds is 10. The number of nitrogens with one attached hydrogen (secondary N) is 4. The molecular formula is C25H19N7O6S4. The zero-order chi connectivity index (χ0) is 29.7. The Labute approximate surface area is 247 Å². The quantitative estimate of drug-likeness (QED) is 0.174. The van der Waals surface area contributed by atoms with E-state index in [-0.39, 0.29) is 31.3 Å². The average molecular weight is 642 g/mol. The molecule has 0 radical (unpaired) electrons. The van der Waals surface area contributed by atoms with Gasteiger partial charge in [0.1, 0.15) is 5.69 Å². The molecule has 2 amide bonds. The number of amides is 2. The molecule has 0 unspecified atom stereocenters. The Morgan fingerprint density at radius 3 is 1.48 bits per heavy atom. The van der Waals surface area contributed by atoms with Gasteiger partial charge in [0.05, 0.1) is 15.4 Å². The molecule has 4 N–H and O–H groups in total. The second kappa shape index (κ2) is 12.0. The summed E-state index contributed by atoms with van der Waals surface area (Å²) >= 11 is 2.29. The number of hydrogen-bond donors (Lipinski definition) is 4. The van der Waals surface area contributed by atoms with E-state index in [4.69, 9.17) is 0 Å². The maximum absolute atomic E-state index is 12.6. The van der Waals surface area contributed by atoms with Gasteiger partial charge in [-0.25, -0.2) is 26.8 Å². The minimum atomic E-state index is -3.83. The van der Waals surface area contributed by atoms with Gasteiger partial charge in [0.25, 0.3) is 31.9 Å². The number of carbonyl (C=O) groups is 2. The number of sulfonamides is 2. The summed E-state index contributed by atoms with van der Waals surface area (Å²) in [5, 5.41) is 9.01. The fraction of sp³-hybridized carbons (Fsp3) is 0. The number of aromatic nitrogens is 3. The lowest BCUT2D eigenvalue weighted by molar-refractivity contribution is 0.101. The predicted molar refractivity (Wildman–Crippen MR) is 159 cm³/mol. The van der Waals surface area contributed by atoms with E-state index in [0.29, 0.717) is 11.4 Å². The molecule has 214 valence electrons. The van der Waals surface area contributed by atoms with Gasteiger partial charge in [0, 0.05) is 40.7 Å². The SMILES string of the molecule is O=C(Nc1ccc(S(=O)(=O)Nc2nccs2)cc1)c1ccc(C(=O)Nc2ccc(S(=O)(=O)Nc3nccs3)cc2)nc1. The summed E-state index contributed by atoms with van der Waals surface area (Å²) in [5.74, 6) is -1.09. The Balaban J connectivity index is 1.17. The molecule has 2 aromatic carbocycles. The van der Waals surface area contributed by atoms with Gasteiger partial charge >= 0.3 is 0 Å². The van der Waals surface area contributed by atoms with Crippen molar-refractivity contribution >= 4 is 76.2 Å². The van der Waals surface area contributed by atoms with Gasteiger partial charge in [-0.3, -0.25) is 24.0 Å². The van der Waals surface area contributed by atoms with Crippen LogP contribution >= 0.6 is 22.7 Å². The summed E-state index contributed by atoms with van der Waals surface area (Å²) < 4.78 is 54.6. The number of nitrogens with zero attached hydrogens (tertiary/aromatic N) is 3. The first kappa shape index (κ1) is 28.8. The zero-order valence-corrected chi connectivity index (χ0v) is 24.4. The maximum Gasteiger partial charge on any atom is 0.274 e. The van der Waals surface area contributed by atoms with E-state index in [1.54, 1.807) is 10.8 Å². The fourth-order valence-corrected chi connectivity index (χ4v) is 6.97. The van der Waals surface area contributed by atoms with Crippen LogP contribution in [0.1, 0.15) is 20.8 Å². The molecule has 0 aliphatic carbocycles. The zero-order valence-electron chi connectivity index (χ0n) is 21.1. The summed E-state index contributed by atoms with van der Waals surface area (Å²) in [6.45, 7) is 0. The number of carbonyl (C=O) groups excluding carboxylic acids is 2. The van der Waals surface area contributed by atoms with E-state index in [0.717, 1.165) is 22.7 Å². The third-order valence-electron chi connectivity index (χ3n) is 5.41. The Morgan fingerprint density at radius 2 is 1.07 bits per heavy atom. The highest BCUT2D eigenvalue weighted by Gasteiger charge is 2.18. The van der Waals surface area contributed by atoms with Gasteiger partial charge in [-0.15, -0.1) is 22.7 Å². The molecule has 5 rings (SSSR count). The van der Waals surface area contributed by atoms with Crippen LogP contribution in [0.2, 0.25) is 0 Å². The van der Waals surface area contributed by atoms with Gasteiger partial charge in [0.15, 0.2) is 10.3 Å². The van der Waals surface area contributed by atoms with Crippen molar-refractivity contribution < 1.29 is 26.4 Å². The topological polar surface area (TPSA) is 189 Å². The van der Waals surface area contributed by atoms with Gasteiger partial charge in [0.2, 0.25) is 0 Å². The molecule has 13 nitrogen and oxygen atoms in total. The number of anilines is 4. The van der Waals surface area contributed by atoms with Crippen molar-refractivity contribution in [1.29, 1.82) is 0 Å². The van der Waals surface area contributed by atoms with Gasteiger partial charge in [-0.2, -0.15) is 0 Å². The minimum absolute atomic E-state index is 0.00339. The molecular weight excluding hydrogens is 623 g/mol. The smallest absolute Gasteiger partial charge is 0.274 e. The van der Waals surface area contributed by atoms with Crippen LogP contribution in [0.3, 0.4) is 0 Å². The fourth-order valence-electron chi connectivity index (χ4n) is 3.39. The Bertz CT molecular complexity index is 1770. The molecule has 3 aromatic heterocycles. The van der Waals surface area contributed by atoms with E-state index in [1.165, 1.54) is 79.3 Å². The standard InChI is InChI=1S/C25H19N7O6S4/c33-22(29-17-2-6-19(7-3-17)41(35,36)31-24-26-11-13-39-24)16-1-10-21(28-15-16)23(34)30-18-4-8-20(9-5-18)42(37,38)32-25-27-12-14-40-25/h1-15H,(H,26,31)(H,27,32)(H,29,33)(H,30,34). The number of hydrogen-bond acceptors (Lipinski definition) is 11. The van der Waals surface area contributed by atoms with Crippen LogP contribution in [-0.4, -0.2) is 43.6 Å². The molecule has 0 aliphatic heterocycles. The summed E-state index contributed by atoms with van der Waals surface area (Å²) in [4.78, 5) is 37.1. The summed E-state index contributed by atoms with van der Waals surface area (Å²) in [5.41, 5.74) is 0.874. The molecule has 0 saturated heterocycles. The number of pyridine rings is 1. The minimum Gasteiger partial charge on any atom is -0.322 e. The molecule has 17 heteroatoms. The van der Waals surface area contributed by atoms with Crippen LogP contribution < -0.4 is 20.1 Å². The van der Waals surface area contributed by atoms with E-state index in [9.17, 15) is 26.4 Å². The van der Waals surface area contributed by atoms with Crippen molar-refractivity contribution in [2.75, 3.05) is 20.1 Å². The lowest BCUT2D eigenvalue weighted by atomic mass is 10.2. The summed E-state index contributed by atoms with van der Waals surface area (Å²) in [7, 11) is -7.66. The summed E-state index contributed by atoms with van der Waals surface area (Å²) in [6.07, 6.45) is 4.18. The summed E-state index contributed by atoms with van der Waals surface area (Å²) in [6, 6.07) is 13.9. The highest BCUT2D eigenvalue weighted by Crippen LogP contribution is 2.21. The van der Waals surface area contributed by atoms with Gasteiger partial charge in [-0.05, 0) is 60.7 Å². The molecule has 0 saturated carbocycles. The molecule has 0 spiro atoms. The first-order chi connectivity index (χ1) is 20.1. The second-order valence-electron chi connectivity index (χ2n) is 8.27. The van der Waals surface area contributed by atoms with Crippen LogP contribution in [0.25, 0.3) is 0 Å². The lowest BCUT2D eigenvalue weighted by Crippen LogP contribution is -2.16.